The van der Waals surface area contributed by atoms with Gasteiger partial charge in [0.15, 0.2) is 0 Å². The van der Waals surface area contributed by atoms with E-state index in [1.54, 1.807) is 0 Å². The zero-order chi connectivity index (χ0) is 11.2. The molecule has 5 atom stereocenters. The number of rotatable bonds is 0. The van der Waals surface area contributed by atoms with Gasteiger partial charge < -0.3 is 16.8 Å². The van der Waals surface area contributed by atoms with Gasteiger partial charge in [0.1, 0.15) is 0 Å². The molecule has 5 unspecified atom stereocenters. The average molecular weight is 211 g/mol. The van der Waals surface area contributed by atoms with E-state index in [0.29, 0.717) is 18.0 Å². The van der Waals surface area contributed by atoms with Crippen LogP contribution in [-0.4, -0.2) is 23.7 Å². The van der Waals surface area contributed by atoms with E-state index in [-0.39, 0.29) is 11.6 Å². The monoisotopic (exact) mass is 211 g/mol. The standard InChI is InChI=1S/C12H25N3/c1-7-6-12(2,3)15-11-9(7)4-8(13)5-10(11)14/h7-11,15H,4-6,13-14H2,1-3H3. The second kappa shape index (κ2) is 3.72. The van der Waals surface area contributed by atoms with Crippen LogP contribution in [0.15, 0.2) is 0 Å². The van der Waals surface area contributed by atoms with Crippen molar-refractivity contribution < 1.29 is 0 Å². The normalized spacial score (nSPS) is 49.8. The molecule has 1 aliphatic heterocycles. The number of hydrogen-bond donors (Lipinski definition) is 3. The highest BCUT2D eigenvalue weighted by Crippen LogP contribution is 2.38. The molecule has 0 radical (unpaired) electrons. The Hall–Kier alpha value is -0.120. The first-order valence-electron chi connectivity index (χ1n) is 6.18. The molecule has 0 aromatic heterocycles. The molecule has 0 amide bonds. The summed E-state index contributed by atoms with van der Waals surface area (Å²) in [7, 11) is 0. The molecule has 0 aromatic carbocycles. The van der Waals surface area contributed by atoms with Gasteiger partial charge in [-0.2, -0.15) is 0 Å². The highest BCUT2D eigenvalue weighted by Gasteiger charge is 2.44. The third kappa shape index (κ3) is 2.19. The Morgan fingerprint density at radius 3 is 2.53 bits per heavy atom. The van der Waals surface area contributed by atoms with E-state index in [1.807, 2.05) is 0 Å². The number of hydrogen-bond acceptors (Lipinski definition) is 3. The van der Waals surface area contributed by atoms with Gasteiger partial charge in [0.2, 0.25) is 0 Å². The zero-order valence-electron chi connectivity index (χ0n) is 10.2. The molecular weight excluding hydrogens is 186 g/mol. The highest BCUT2D eigenvalue weighted by molar-refractivity contribution is 5.03. The Morgan fingerprint density at radius 2 is 1.87 bits per heavy atom. The van der Waals surface area contributed by atoms with Gasteiger partial charge in [0.25, 0.3) is 0 Å². The predicted molar refractivity (Wildman–Crippen MR) is 63.5 cm³/mol. The number of nitrogens with one attached hydrogen (secondary N) is 1. The summed E-state index contributed by atoms with van der Waals surface area (Å²) in [4.78, 5) is 0. The molecule has 2 fully saturated rings. The predicted octanol–water partition coefficient (Wildman–Crippen LogP) is 0.828. The first-order valence-corrected chi connectivity index (χ1v) is 6.18. The molecule has 0 aromatic rings. The topological polar surface area (TPSA) is 64.1 Å². The van der Waals surface area contributed by atoms with Gasteiger partial charge in [-0.1, -0.05) is 6.92 Å². The first kappa shape index (κ1) is 11.4. The molecule has 88 valence electrons. The van der Waals surface area contributed by atoms with Crippen molar-refractivity contribution in [1.82, 2.24) is 5.32 Å². The maximum absolute atomic E-state index is 6.22. The summed E-state index contributed by atoms with van der Waals surface area (Å²) in [6.45, 7) is 6.91. The fraction of sp³-hybridized carbons (Fsp3) is 1.00. The highest BCUT2D eigenvalue weighted by atomic mass is 15.1. The Bertz CT molecular complexity index is 239. The van der Waals surface area contributed by atoms with Gasteiger partial charge in [-0.25, -0.2) is 0 Å². The van der Waals surface area contributed by atoms with Crippen molar-refractivity contribution in [3.05, 3.63) is 0 Å². The van der Waals surface area contributed by atoms with Crippen molar-refractivity contribution >= 4 is 0 Å². The van der Waals surface area contributed by atoms with Gasteiger partial charge in [-0.05, 0) is 44.9 Å². The lowest BCUT2D eigenvalue weighted by Crippen LogP contribution is -2.66. The van der Waals surface area contributed by atoms with Crippen molar-refractivity contribution in [2.24, 2.45) is 23.3 Å². The Kier molecular flexibility index (Phi) is 2.82. The molecule has 2 aliphatic rings. The maximum Gasteiger partial charge on any atom is 0.0255 e. The SMILES string of the molecule is CC1CC(C)(C)NC2C(N)CC(N)CC12. The zero-order valence-corrected chi connectivity index (χ0v) is 10.2. The second-order valence-electron chi connectivity index (χ2n) is 6.29. The molecule has 1 saturated heterocycles. The summed E-state index contributed by atoms with van der Waals surface area (Å²) in [6, 6.07) is 1.02. The van der Waals surface area contributed by atoms with Crippen LogP contribution in [0.3, 0.4) is 0 Å². The maximum atomic E-state index is 6.22. The van der Waals surface area contributed by atoms with Crippen LogP contribution in [0.5, 0.6) is 0 Å². The van der Waals surface area contributed by atoms with E-state index in [9.17, 15) is 0 Å². The van der Waals surface area contributed by atoms with Crippen LogP contribution in [0.25, 0.3) is 0 Å². The van der Waals surface area contributed by atoms with Crippen LogP contribution < -0.4 is 16.8 Å². The molecule has 1 aliphatic carbocycles. The molecule has 0 spiro atoms. The lowest BCUT2D eigenvalue weighted by Gasteiger charge is -2.51. The molecule has 15 heavy (non-hydrogen) atoms. The first-order chi connectivity index (χ1) is 6.89. The van der Waals surface area contributed by atoms with Gasteiger partial charge in [0.05, 0.1) is 0 Å². The van der Waals surface area contributed by atoms with Gasteiger partial charge in [-0.3, -0.25) is 0 Å². The number of nitrogens with two attached hydrogens (primary N) is 2. The third-order valence-corrected chi connectivity index (χ3v) is 4.19. The summed E-state index contributed by atoms with van der Waals surface area (Å²) >= 11 is 0. The quantitative estimate of drug-likeness (QED) is 0.556. The Balaban J connectivity index is 2.15. The van der Waals surface area contributed by atoms with Crippen LogP contribution in [0, 0.1) is 11.8 Å². The molecule has 2 rings (SSSR count). The molecule has 3 heteroatoms. The third-order valence-electron chi connectivity index (χ3n) is 4.19. The minimum Gasteiger partial charge on any atom is -0.328 e. The number of fused-ring (bicyclic) bond motifs is 1. The fourth-order valence-corrected chi connectivity index (χ4v) is 3.67. The summed E-state index contributed by atoms with van der Waals surface area (Å²) in [5.74, 6) is 1.42. The average Bonchev–Trinajstić information content (AvgIpc) is 2.06. The molecule has 1 heterocycles. The molecule has 1 saturated carbocycles. The van der Waals surface area contributed by atoms with Crippen molar-refractivity contribution in [3.8, 4) is 0 Å². The Labute approximate surface area is 93.0 Å². The fourth-order valence-electron chi connectivity index (χ4n) is 3.67. The molecule has 5 N–H and O–H groups in total. The van der Waals surface area contributed by atoms with Crippen molar-refractivity contribution in [2.75, 3.05) is 0 Å². The van der Waals surface area contributed by atoms with Gasteiger partial charge in [-0.15, -0.1) is 0 Å². The summed E-state index contributed by atoms with van der Waals surface area (Å²) in [5, 5.41) is 3.71. The number of piperidine rings is 1. The van der Waals surface area contributed by atoms with Crippen LogP contribution in [0.1, 0.15) is 40.0 Å². The lowest BCUT2D eigenvalue weighted by atomic mass is 9.66. The van der Waals surface area contributed by atoms with E-state index in [4.69, 9.17) is 11.5 Å². The van der Waals surface area contributed by atoms with Crippen LogP contribution in [0.2, 0.25) is 0 Å². The van der Waals surface area contributed by atoms with Crippen LogP contribution in [-0.2, 0) is 0 Å². The lowest BCUT2D eigenvalue weighted by molar-refractivity contribution is 0.0637. The minimum absolute atomic E-state index is 0.236. The smallest absolute Gasteiger partial charge is 0.0255 e. The van der Waals surface area contributed by atoms with Crippen LogP contribution >= 0.6 is 0 Å². The van der Waals surface area contributed by atoms with E-state index < -0.39 is 0 Å². The van der Waals surface area contributed by atoms with E-state index in [2.05, 4.69) is 26.1 Å². The summed E-state index contributed by atoms with van der Waals surface area (Å²) < 4.78 is 0. The molecule has 3 nitrogen and oxygen atoms in total. The largest absolute Gasteiger partial charge is 0.328 e. The molecule has 0 bridgehead atoms. The summed E-state index contributed by atoms with van der Waals surface area (Å²) in [6.07, 6.45) is 3.34. The van der Waals surface area contributed by atoms with Crippen molar-refractivity contribution in [1.29, 1.82) is 0 Å². The van der Waals surface area contributed by atoms with E-state index >= 15 is 0 Å². The van der Waals surface area contributed by atoms with Crippen molar-refractivity contribution in [3.63, 3.8) is 0 Å². The summed E-state index contributed by atoms with van der Waals surface area (Å²) in [5.41, 5.74) is 12.5. The van der Waals surface area contributed by atoms with Crippen LogP contribution in [0.4, 0.5) is 0 Å². The second-order valence-corrected chi connectivity index (χ2v) is 6.29. The van der Waals surface area contributed by atoms with Gasteiger partial charge in [0, 0.05) is 23.7 Å². The minimum atomic E-state index is 0.236. The van der Waals surface area contributed by atoms with Gasteiger partial charge >= 0.3 is 0 Å². The van der Waals surface area contributed by atoms with E-state index in [0.717, 1.165) is 18.8 Å². The molecular formula is C12H25N3. The van der Waals surface area contributed by atoms with E-state index in [1.165, 1.54) is 6.42 Å². The van der Waals surface area contributed by atoms with Crippen molar-refractivity contribution in [2.45, 2.75) is 63.7 Å². The Morgan fingerprint density at radius 1 is 1.20 bits per heavy atom.